The van der Waals surface area contributed by atoms with Crippen molar-refractivity contribution in [3.63, 3.8) is 0 Å². The monoisotopic (exact) mass is 311 g/mol. The fourth-order valence-electron chi connectivity index (χ4n) is 1.32. The fourth-order valence-corrected chi connectivity index (χ4v) is 3.37. The van der Waals surface area contributed by atoms with Gasteiger partial charge in [0.2, 0.25) is 5.91 Å². The number of benzene rings is 1. The lowest BCUT2D eigenvalue weighted by atomic mass is 10.3. The van der Waals surface area contributed by atoms with Gasteiger partial charge in [0, 0.05) is 5.02 Å². The highest BCUT2D eigenvalue weighted by molar-refractivity contribution is 8.24. The molecule has 0 bridgehead atoms. The molecule has 0 N–H and O–H groups in total. The summed E-state index contributed by atoms with van der Waals surface area (Å²) in [5.74, 6) is 0.190. The van der Waals surface area contributed by atoms with Crippen LogP contribution in [0.1, 0.15) is 0 Å². The van der Waals surface area contributed by atoms with E-state index in [-0.39, 0.29) is 5.91 Å². The summed E-state index contributed by atoms with van der Waals surface area (Å²) >= 11 is 24.2. The van der Waals surface area contributed by atoms with Crippen LogP contribution in [-0.4, -0.2) is 16.0 Å². The molecular formula is C9H4Cl3NOS2. The second-order valence-electron chi connectivity index (χ2n) is 3.00. The van der Waals surface area contributed by atoms with E-state index in [0.717, 1.165) is 0 Å². The van der Waals surface area contributed by atoms with Crippen LogP contribution in [0.4, 0.5) is 5.69 Å². The molecule has 7 heteroatoms. The van der Waals surface area contributed by atoms with Gasteiger partial charge in [-0.3, -0.25) is 9.69 Å². The van der Waals surface area contributed by atoms with Crippen molar-refractivity contribution in [3.8, 4) is 0 Å². The average Bonchev–Trinajstić information content (AvgIpc) is 2.47. The lowest BCUT2D eigenvalue weighted by Crippen LogP contribution is -2.28. The third-order valence-electron chi connectivity index (χ3n) is 1.96. The number of thiocarbonyl (C=S) groups is 1. The van der Waals surface area contributed by atoms with Crippen LogP contribution in [-0.2, 0) is 4.79 Å². The fraction of sp³-hybridized carbons (Fsp3) is 0.111. The van der Waals surface area contributed by atoms with Crippen LogP contribution in [0.3, 0.4) is 0 Å². The first-order chi connectivity index (χ1) is 7.50. The first-order valence-corrected chi connectivity index (χ1v) is 6.67. The van der Waals surface area contributed by atoms with E-state index >= 15 is 0 Å². The number of halogens is 3. The predicted octanol–water partition coefficient (Wildman–Crippen LogP) is 4.01. The molecule has 84 valence electrons. The van der Waals surface area contributed by atoms with Crippen molar-refractivity contribution in [2.75, 3.05) is 10.7 Å². The summed E-state index contributed by atoms with van der Waals surface area (Å²) < 4.78 is 0.455. The summed E-state index contributed by atoms with van der Waals surface area (Å²) in [6, 6.07) is 3.06. The van der Waals surface area contributed by atoms with Crippen LogP contribution in [0, 0.1) is 0 Å². The van der Waals surface area contributed by atoms with E-state index in [1.165, 1.54) is 28.8 Å². The van der Waals surface area contributed by atoms with Crippen LogP contribution in [0.5, 0.6) is 0 Å². The Labute approximate surface area is 117 Å². The number of thioether (sulfide) groups is 1. The molecule has 0 saturated carbocycles. The first-order valence-electron chi connectivity index (χ1n) is 4.15. The number of carbonyl (C=O) groups excluding carboxylic acids is 1. The lowest BCUT2D eigenvalue weighted by molar-refractivity contribution is -0.115. The second-order valence-corrected chi connectivity index (χ2v) is 5.86. The Bertz CT molecular complexity index is 453. The van der Waals surface area contributed by atoms with Crippen molar-refractivity contribution < 1.29 is 4.79 Å². The Morgan fingerprint density at radius 1 is 1.25 bits per heavy atom. The van der Waals surface area contributed by atoms with Gasteiger partial charge in [-0.1, -0.05) is 58.8 Å². The summed E-state index contributed by atoms with van der Waals surface area (Å²) in [7, 11) is 0. The lowest BCUT2D eigenvalue weighted by Gasteiger charge is -2.18. The van der Waals surface area contributed by atoms with Gasteiger partial charge < -0.3 is 0 Å². The van der Waals surface area contributed by atoms with Crippen molar-refractivity contribution in [2.24, 2.45) is 0 Å². The summed E-state index contributed by atoms with van der Waals surface area (Å²) in [4.78, 5) is 13.0. The normalized spacial score (nSPS) is 16.1. The summed E-state index contributed by atoms with van der Waals surface area (Å²) in [6.45, 7) is 0. The Morgan fingerprint density at radius 2 is 1.81 bits per heavy atom. The molecule has 1 fully saturated rings. The molecule has 1 aromatic rings. The molecule has 0 spiro atoms. The predicted molar refractivity (Wildman–Crippen MR) is 74.0 cm³/mol. The van der Waals surface area contributed by atoms with Gasteiger partial charge in [0.25, 0.3) is 0 Å². The standard InChI is InChI=1S/C9H4Cl3NOS2/c10-4-1-5(11)8(6(12)2-4)13-7(14)3-16-9(13)15/h1-2H,3H2. The summed E-state index contributed by atoms with van der Waals surface area (Å²) in [5, 5.41) is 1.05. The quantitative estimate of drug-likeness (QED) is 0.731. The van der Waals surface area contributed by atoms with Gasteiger partial charge in [0.15, 0.2) is 0 Å². The largest absolute Gasteiger partial charge is 0.273 e. The van der Waals surface area contributed by atoms with Crippen LogP contribution < -0.4 is 4.90 Å². The zero-order chi connectivity index (χ0) is 11.9. The van der Waals surface area contributed by atoms with Crippen LogP contribution in [0.15, 0.2) is 12.1 Å². The van der Waals surface area contributed by atoms with E-state index in [1.807, 2.05) is 0 Å². The van der Waals surface area contributed by atoms with Gasteiger partial charge in [-0.25, -0.2) is 0 Å². The van der Waals surface area contributed by atoms with Gasteiger partial charge in [0.1, 0.15) is 4.32 Å². The van der Waals surface area contributed by atoms with Crippen molar-refractivity contribution >= 4 is 74.7 Å². The highest BCUT2D eigenvalue weighted by Crippen LogP contribution is 2.39. The molecular weight excluding hydrogens is 309 g/mol. The van der Waals surface area contributed by atoms with Crippen LogP contribution in [0.25, 0.3) is 0 Å². The molecule has 0 radical (unpaired) electrons. The highest BCUT2D eigenvalue weighted by Gasteiger charge is 2.31. The van der Waals surface area contributed by atoms with E-state index in [4.69, 9.17) is 47.0 Å². The van der Waals surface area contributed by atoms with Crippen LogP contribution in [0.2, 0.25) is 15.1 Å². The maximum Gasteiger partial charge on any atom is 0.243 e. The zero-order valence-electron chi connectivity index (χ0n) is 7.67. The van der Waals surface area contributed by atoms with E-state index in [2.05, 4.69) is 0 Å². The summed E-state index contributed by atoms with van der Waals surface area (Å²) in [6.07, 6.45) is 0. The molecule has 1 aromatic carbocycles. The number of rotatable bonds is 1. The maximum atomic E-state index is 11.6. The zero-order valence-corrected chi connectivity index (χ0v) is 11.6. The van der Waals surface area contributed by atoms with E-state index in [0.29, 0.717) is 30.8 Å². The SMILES string of the molecule is O=C1CSC(=S)N1c1c(Cl)cc(Cl)cc1Cl. The molecule has 0 atom stereocenters. The van der Waals surface area contributed by atoms with E-state index in [1.54, 1.807) is 0 Å². The van der Waals surface area contributed by atoms with Crippen LogP contribution >= 0.6 is 58.8 Å². The molecule has 1 aliphatic heterocycles. The molecule has 1 aliphatic rings. The maximum absolute atomic E-state index is 11.6. The molecule has 0 aromatic heterocycles. The topological polar surface area (TPSA) is 20.3 Å². The van der Waals surface area contributed by atoms with Crippen molar-refractivity contribution in [2.45, 2.75) is 0 Å². The number of hydrogen-bond donors (Lipinski definition) is 0. The Hall–Kier alpha value is -0.000000000000000167. The van der Waals surface area contributed by atoms with Crippen molar-refractivity contribution in [3.05, 3.63) is 27.2 Å². The molecule has 1 amide bonds. The van der Waals surface area contributed by atoms with Gasteiger partial charge in [-0.15, -0.1) is 0 Å². The third-order valence-corrected chi connectivity index (χ3v) is 4.11. The van der Waals surface area contributed by atoms with Gasteiger partial charge in [-0.2, -0.15) is 0 Å². The molecule has 1 heterocycles. The molecule has 0 aliphatic carbocycles. The molecule has 2 nitrogen and oxygen atoms in total. The van der Waals surface area contributed by atoms with Crippen molar-refractivity contribution in [1.82, 2.24) is 0 Å². The molecule has 16 heavy (non-hydrogen) atoms. The number of amides is 1. The minimum atomic E-state index is -0.124. The van der Waals surface area contributed by atoms with Gasteiger partial charge in [0.05, 0.1) is 21.5 Å². The van der Waals surface area contributed by atoms with E-state index in [9.17, 15) is 4.79 Å². The van der Waals surface area contributed by atoms with E-state index < -0.39 is 0 Å². The molecule has 2 rings (SSSR count). The molecule has 0 unspecified atom stereocenters. The van der Waals surface area contributed by atoms with Gasteiger partial charge in [-0.05, 0) is 12.1 Å². The molecule has 1 saturated heterocycles. The Kier molecular flexibility index (Phi) is 3.66. The first kappa shape index (κ1) is 12.5. The average molecular weight is 313 g/mol. The number of nitrogens with zero attached hydrogens (tertiary/aromatic N) is 1. The highest BCUT2D eigenvalue weighted by atomic mass is 35.5. The Balaban J connectivity index is 2.55. The second kappa shape index (κ2) is 4.70. The number of anilines is 1. The number of carbonyl (C=O) groups is 1. The van der Waals surface area contributed by atoms with Gasteiger partial charge >= 0.3 is 0 Å². The summed E-state index contributed by atoms with van der Waals surface area (Å²) in [5.41, 5.74) is 0.410. The van der Waals surface area contributed by atoms with Crippen molar-refractivity contribution in [1.29, 1.82) is 0 Å². The number of hydrogen-bond acceptors (Lipinski definition) is 3. The minimum absolute atomic E-state index is 0.124. The smallest absolute Gasteiger partial charge is 0.243 e. The third kappa shape index (κ3) is 2.17. The minimum Gasteiger partial charge on any atom is -0.273 e. The Morgan fingerprint density at radius 3 is 2.25 bits per heavy atom.